The first-order chi connectivity index (χ1) is 7.88. The zero-order chi connectivity index (χ0) is 13.1. The Morgan fingerprint density at radius 2 is 2.24 bits per heavy atom. The third kappa shape index (κ3) is 3.06. The molecule has 1 N–H and O–H groups in total. The second-order valence-electron chi connectivity index (χ2n) is 4.75. The van der Waals surface area contributed by atoms with Gasteiger partial charge in [0.1, 0.15) is 0 Å². The fourth-order valence-corrected chi connectivity index (χ4v) is 1.64. The summed E-state index contributed by atoms with van der Waals surface area (Å²) in [6, 6.07) is 3.51. The first-order valence-electron chi connectivity index (χ1n) is 5.44. The van der Waals surface area contributed by atoms with E-state index >= 15 is 0 Å². The molecule has 0 saturated carbocycles. The Bertz CT molecular complexity index is 422. The molecule has 0 unspecified atom stereocenters. The van der Waals surface area contributed by atoms with Gasteiger partial charge in [-0.05, 0) is 32.9 Å². The lowest BCUT2D eigenvalue weighted by atomic mass is 10.0. The Labute approximate surface area is 102 Å². The molecular formula is C13H18N2O2. The third-order valence-corrected chi connectivity index (χ3v) is 2.40. The van der Waals surface area contributed by atoms with Crippen molar-refractivity contribution in [3.8, 4) is 0 Å². The van der Waals surface area contributed by atoms with E-state index in [4.69, 9.17) is 5.11 Å². The SMILES string of the molecule is C=CCN(c1cccnc1C(=O)O)C(C)(C)C. The van der Waals surface area contributed by atoms with Crippen molar-refractivity contribution < 1.29 is 9.90 Å². The number of hydrogen-bond donors (Lipinski definition) is 1. The van der Waals surface area contributed by atoms with Crippen LogP contribution in [-0.4, -0.2) is 28.1 Å². The van der Waals surface area contributed by atoms with E-state index in [1.165, 1.54) is 6.20 Å². The zero-order valence-corrected chi connectivity index (χ0v) is 10.5. The van der Waals surface area contributed by atoms with Crippen molar-refractivity contribution in [3.63, 3.8) is 0 Å². The molecule has 0 fully saturated rings. The van der Waals surface area contributed by atoms with Gasteiger partial charge >= 0.3 is 5.97 Å². The van der Waals surface area contributed by atoms with Gasteiger partial charge in [-0.25, -0.2) is 9.78 Å². The molecule has 0 radical (unpaired) electrons. The Morgan fingerprint density at radius 3 is 2.71 bits per heavy atom. The van der Waals surface area contributed by atoms with Crippen LogP contribution in [0.5, 0.6) is 0 Å². The van der Waals surface area contributed by atoms with Crippen LogP contribution in [0.15, 0.2) is 31.0 Å². The molecule has 92 valence electrons. The van der Waals surface area contributed by atoms with Crippen molar-refractivity contribution in [2.75, 3.05) is 11.4 Å². The molecule has 4 nitrogen and oxygen atoms in total. The molecule has 0 atom stereocenters. The normalized spacial score (nSPS) is 11.0. The number of aromatic carboxylic acids is 1. The number of nitrogens with zero attached hydrogens (tertiary/aromatic N) is 2. The smallest absolute Gasteiger partial charge is 0.356 e. The molecule has 17 heavy (non-hydrogen) atoms. The Balaban J connectivity index is 3.27. The minimum atomic E-state index is -1.01. The van der Waals surface area contributed by atoms with Crippen LogP contribution in [0.4, 0.5) is 5.69 Å². The summed E-state index contributed by atoms with van der Waals surface area (Å²) >= 11 is 0. The van der Waals surface area contributed by atoms with Crippen LogP contribution in [0.3, 0.4) is 0 Å². The molecule has 1 heterocycles. The van der Waals surface area contributed by atoms with Crippen LogP contribution in [0.2, 0.25) is 0 Å². The molecule has 4 heteroatoms. The Morgan fingerprint density at radius 1 is 1.59 bits per heavy atom. The maximum Gasteiger partial charge on any atom is 0.356 e. The number of carbonyl (C=O) groups is 1. The summed E-state index contributed by atoms with van der Waals surface area (Å²) in [5.41, 5.74) is 0.498. The largest absolute Gasteiger partial charge is 0.476 e. The summed E-state index contributed by atoms with van der Waals surface area (Å²) in [7, 11) is 0. The van der Waals surface area contributed by atoms with Gasteiger partial charge in [-0.1, -0.05) is 6.08 Å². The van der Waals surface area contributed by atoms with Gasteiger partial charge in [-0.2, -0.15) is 0 Å². The summed E-state index contributed by atoms with van der Waals surface area (Å²) in [6.45, 7) is 10.4. The van der Waals surface area contributed by atoms with E-state index in [-0.39, 0.29) is 11.2 Å². The van der Waals surface area contributed by atoms with Crippen LogP contribution in [0.25, 0.3) is 0 Å². The minimum absolute atomic E-state index is 0.0734. The number of carboxylic acid groups (broad SMARTS) is 1. The van der Waals surface area contributed by atoms with E-state index in [0.29, 0.717) is 12.2 Å². The Kier molecular flexibility index (Phi) is 3.89. The second-order valence-corrected chi connectivity index (χ2v) is 4.75. The van der Waals surface area contributed by atoms with Crippen LogP contribution in [-0.2, 0) is 0 Å². The summed E-state index contributed by atoms with van der Waals surface area (Å²) in [5, 5.41) is 9.13. The molecule has 0 amide bonds. The van der Waals surface area contributed by atoms with Crippen LogP contribution in [0.1, 0.15) is 31.3 Å². The molecule has 0 aliphatic carbocycles. The van der Waals surface area contributed by atoms with E-state index in [1.807, 2.05) is 25.7 Å². The molecule has 1 aromatic rings. The monoisotopic (exact) mass is 234 g/mol. The highest BCUT2D eigenvalue weighted by atomic mass is 16.4. The summed E-state index contributed by atoms with van der Waals surface area (Å²) in [4.78, 5) is 17.0. The highest BCUT2D eigenvalue weighted by Crippen LogP contribution is 2.26. The number of anilines is 1. The van der Waals surface area contributed by atoms with Gasteiger partial charge in [0.2, 0.25) is 0 Å². The van der Waals surface area contributed by atoms with Crippen molar-refractivity contribution in [1.82, 2.24) is 4.98 Å². The lowest BCUT2D eigenvalue weighted by molar-refractivity contribution is 0.0691. The average Bonchev–Trinajstić information content (AvgIpc) is 2.24. The molecule has 0 saturated heterocycles. The van der Waals surface area contributed by atoms with Crippen molar-refractivity contribution in [3.05, 3.63) is 36.7 Å². The molecule has 0 spiro atoms. The first kappa shape index (κ1) is 13.2. The topological polar surface area (TPSA) is 53.4 Å². The maximum atomic E-state index is 11.1. The number of rotatable bonds is 4. The van der Waals surface area contributed by atoms with Gasteiger partial charge in [-0.15, -0.1) is 6.58 Å². The summed E-state index contributed by atoms with van der Waals surface area (Å²) in [5.74, 6) is -1.01. The van der Waals surface area contributed by atoms with Gasteiger partial charge in [0.15, 0.2) is 5.69 Å². The quantitative estimate of drug-likeness (QED) is 0.813. The highest BCUT2D eigenvalue weighted by molar-refractivity contribution is 5.92. The third-order valence-electron chi connectivity index (χ3n) is 2.40. The van der Waals surface area contributed by atoms with Gasteiger partial charge in [0.25, 0.3) is 0 Å². The van der Waals surface area contributed by atoms with Gasteiger partial charge in [0, 0.05) is 18.3 Å². The van der Waals surface area contributed by atoms with Crippen molar-refractivity contribution in [1.29, 1.82) is 0 Å². The molecular weight excluding hydrogens is 216 g/mol. The van der Waals surface area contributed by atoms with Gasteiger partial charge in [0.05, 0.1) is 5.69 Å². The van der Waals surface area contributed by atoms with Crippen molar-refractivity contribution in [2.24, 2.45) is 0 Å². The van der Waals surface area contributed by atoms with Crippen molar-refractivity contribution >= 4 is 11.7 Å². The zero-order valence-electron chi connectivity index (χ0n) is 10.5. The van der Waals surface area contributed by atoms with E-state index in [9.17, 15) is 4.79 Å². The summed E-state index contributed by atoms with van der Waals surface area (Å²) < 4.78 is 0. The lowest BCUT2D eigenvalue weighted by Crippen LogP contribution is -2.42. The van der Waals surface area contributed by atoms with Gasteiger partial charge in [-0.3, -0.25) is 0 Å². The fourth-order valence-electron chi connectivity index (χ4n) is 1.64. The van der Waals surface area contributed by atoms with Crippen LogP contribution < -0.4 is 4.90 Å². The van der Waals surface area contributed by atoms with Crippen LogP contribution in [0, 0.1) is 0 Å². The molecule has 1 aromatic heterocycles. The minimum Gasteiger partial charge on any atom is -0.476 e. The standard InChI is InChI=1S/C13H18N2O2/c1-5-9-15(13(2,3)4)10-7-6-8-14-11(10)12(16)17/h5-8H,1,9H2,2-4H3,(H,16,17). The number of carboxylic acids is 1. The van der Waals surface area contributed by atoms with Crippen LogP contribution >= 0.6 is 0 Å². The van der Waals surface area contributed by atoms with E-state index in [0.717, 1.165) is 0 Å². The molecule has 0 bridgehead atoms. The van der Waals surface area contributed by atoms with Gasteiger partial charge < -0.3 is 10.0 Å². The molecule has 1 rings (SSSR count). The fraction of sp³-hybridized carbons (Fsp3) is 0.385. The van der Waals surface area contributed by atoms with E-state index in [1.54, 1.807) is 18.2 Å². The predicted octanol–water partition coefficient (Wildman–Crippen LogP) is 2.57. The number of aromatic nitrogens is 1. The molecule has 0 aliphatic heterocycles. The molecule has 0 aliphatic rings. The Hall–Kier alpha value is -1.84. The predicted molar refractivity (Wildman–Crippen MR) is 68.5 cm³/mol. The second kappa shape index (κ2) is 4.99. The number of hydrogen-bond acceptors (Lipinski definition) is 3. The highest BCUT2D eigenvalue weighted by Gasteiger charge is 2.25. The van der Waals surface area contributed by atoms with E-state index in [2.05, 4.69) is 11.6 Å². The summed E-state index contributed by atoms with van der Waals surface area (Å²) in [6.07, 6.45) is 3.24. The molecule has 0 aromatic carbocycles. The maximum absolute atomic E-state index is 11.1. The van der Waals surface area contributed by atoms with Crippen molar-refractivity contribution in [2.45, 2.75) is 26.3 Å². The van der Waals surface area contributed by atoms with E-state index < -0.39 is 5.97 Å². The average molecular weight is 234 g/mol. The first-order valence-corrected chi connectivity index (χ1v) is 5.44. The number of pyridine rings is 1. The lowest BCUT2D eigenvalue weighted by Gasteiger charge is -2.37.